The lowest BCUT2D eigenvalue weighted by molar-refractivity contribution is 0.0980. The molecule has 2 fully saturated rings. The molecule has 0 aromatic carbocycles. The molecule has 9 nitrogen and oxygen atoms in total. The van der Waals surface area contributed by atoms with Crippen molar-refractivity contribution in [2.45, 2.75) is 37.0 Å². The Morgan fingerprint density at radius 3 is 2.67 bits per heavy atom. The number of nitrogens with zero attached hydrogens (tertiary/aromatic N) is 4. The molecule has 2 aromatic rings. The smallest absolute Gasteiger partial charge is 0.226 e. The molecule has 2 aromatic heterocycles. The first kappa shape index (κ1) is 20.8. The Balaban J connectivity index is 1.92. The number of sulfone groups is 1. The first-order chi connectivity index (χ1) is 14.2. The normalized spacial score (nSPS) is 21.2. The average Bonchev–Trinajstić information content (AvgIpc) is 2.66. The lowest BCUT2D eigenvalue weighted by Crippen LogP contribution is -2.46. The van der Waals surface area contributed by atoms with Gasteiger partial charge in [-0.05, 0) is 32.3 Å². The predicted octanol–water partition coefficient (Wildman–Crippen LogP) is 1.78. The molecule has 1 atom stereocenters. The number of nitrogen functional groups attached to an aromatic ring is 1. The van der Waals surface area contributed by atoms with E-state index < -0.39 is 14.6 Å². The van der Waals surface area contributed by atoms with Crippen LogP contribution in [0, 0.1) is 0 Å². The lowest BCUT2D eigenvalue weighted by atomic mass is 9.81. The SMILES string of the molecule is COc1cc(N)ncc1-c1cc(C2(S(C)(=O)=O)CCC2)nc(N2CCOC[C@@H]2C)n1. The Hall–Kier alpha value is -2.46. The third-order valence-electron chi connectivity index (χ3n) is 6.06. The van der Waals surface area contributed by atoms with Crippen LogP contribution in [-0.4, -0.2) is 62.5 Å². The van der Waals surface area contributed by atoms with E-state index in [0.717, 1.165) is 6.42 Å². The molecule has 4 rings (SSSR count). The van der Waals surface area contributed by atoms with Gasteiger partial charge in [-0.1, -0.05) is 0 Å². The van der Waals surface area contributed by atoms with Crippen molar-refractivity contribution in [1.29, 1.82) is 0 Å². The number of pyridine rings is 1. The summed E-state index contributed by atoms with van der Waals surface area (Å²) in [6, 6.07) is 3.46. The van der Waals surface area contributed by atoms with Gasteiger partial charge >= 0.3 is 0 Å². The maximum Gasteiger partial charge on any atom is 0.226 e. The van der Waals surface area contributed by atoms with Gasteiger partial charge < -0.3 is 20.1 Å². The zero-order valence-corrected chi connectivity index (χ0v) is 18.3. The summed E-state index contributed by atoms with van der Waals surface area (Å²) in [5.41, 5.74) is 7.53. The number of nitrogens with two attached hydrogens (primary N) is 1. The Morgan fingerprint density at radius 2 is 2.07 bits per heavy atom. The van der Waals surface area contributed by atoms with E-state index in [2.05, 4.69) is 9.88 Å². The van der Waals surface area contributed by atoms with Gasteiger partial charge in [-0.3, -0.25) is 0 Å². The molecule has 0 bridgehead atoms. The second kappa shape index (κ2) is 7.66. The number of ether oxygens (including phenoxy) is 2. The predicted molar refractivity (Wildman–Crippen MR) is 114 cm³/mol. The molecule has 0 amide bonds. The van der Waals surface area contributed by atoms with Gasteiger partial charge in [0, 0.05) is 25.1 Å². The standard InChI is InChI=1S/C20H27N5O4S/c1-13-12-29-8-7-25(13)19-23-15(14-11-22-18(21)10-16(14)28-2)9-17(24-19)20(5-4-6-20)30(3,26)27/h9-11,13H,4-8,12H2,1-3H3,(H2,21,22)/t13-/m0/s1. The minimum absolute atomic E-state index is 0.0730. The number of anilines is 2. The van der Waals surface area contributed by atoms with Gasteiger partial charge in [0.2, 0.25) is 5.95 Å². The molecular weight excluding hydrogens is 406 g/mol. The summed E-state index contributed by atoms with van der Waals surface area (Å²) in [6.07, 6.45) is 4.84. The van der Waals surface area contributed by atoms with Crippen LogP contribution in [0.25, 0.3) is 11.3 Å². The molecule has 0 radical (unpaired) electrons. The zero-order valence-electron chi connectivity index (χ0n) is 17.5. The fourth-order valence-corrected chi connectivity index (χ4v) is 5.60. The maximum atomic E-state index is 12.8. The van der Waals surface area contributed by atoms with Crippen molar-refractivity contribution >= 4 is 21.6 Å². The largest absolute Gasteiger partial charge is 0.496 e. The van der Waals surface area contributed by atoms with Crippen LogP contribution in [-0.2, 0) is 19.3 Å². The van der Waals surface area contributed by atoms with Gasteiger partial charge in [-0.25, -0.2) is 23.4 Å². The number of hydrogen-bond acceptors (Lipinski definition) is 9. The second-order valence-corrected chi connectivity index (χ2v) is 10.3. The molecule has 1 aliphatic heterocycles. The highest BCUT2D eigenvalue weighted by Gasteiger charge is 2.49. The van der Waals surface area contributed by atoms with Crippen LogP contribution in [0.3, 0.4) is 0 Å². The van der Waals surface area contributed by atoms with Gasteiger partial charge in [0.05, 0.1) is 43.3 Å². The maximum absolute atomic E-state index is 12.8. The Morgan fingerprint density at radius 1 is 1.30 bits per heavy atom. The summed E-state index contributed by atoms with van der Waals surface area (Å²) in [5, 5.41) is 0. The minimum Gasteiger partial charge on any atom is -0.496 e. The fraction of sp³-hybridized carbons (Fsp3) is 0.550. The minimum atomic E-state index is -3.36. The zero-order chi connectivity index (χ0) is 21.5. The van der Waals surface area contributed by atoms with E-state index in [1.165, 1.54) is 6.26 Å². The van der Waals surface area contributed by atoms with Crippen LogP contribution in [0.4, 0.5) is 11.8 Å². The van der Waals surface area contributed by atoms with Gasteiger partial charge in [-0.2, -0.15) is 0 Å². The first-order valence-corrected chi connectivity index (χ1v) is 11.9. The van der Waals surface area contributed by atoms with Gasteiger partial charge in [0.15, 0.2) is 9.84 Å². The number of hydrogen-bond donors (Lipinski definition) is 1. The van der Waals surface area contributed by atoms with Crippen molar-refractivity contribution in [1.82, 2.24) is 15.0 Å². The Bertz CT molecular complexity index is 1060. The summed E-state index contributed by atoms with van der Waals surface area (Å²) in [4.78, 5) is 15.8. The summed E-state index contributed by atoms with van der Waals surface area (Å²) >= 11 is 0. The lowest BCUT2D eigenvalue weighted by Gasteiger charge is -2.40. The molecule has 1 saturated heterocycles. The second-order valence-electron chi connectivity index (χ2n) is 7.99. The third-order valence-corrected chi connectivity index (χ3v) is 8.10. The van der Waals surface area contributed by atoms with E-state index >= 15 is 0 Å². The van der Waals surface area contributed by atoms with E-state index in [1.807, 2.05) is 6.92 Å². The molecule has 162 valence electrons. The molecule has 3 heterocycles. The molecule has 1 aliphatic carbocycles. The molecule has 30 heavy (non-hydrogen) atoms. The highest BCUT2D eigenvalue weighted by molar-refractivity contribution is 7.91. The number of morpholine rings is 1. The van der Waals surface area contributed by atoms with E-state index in [9.17, 15) is 8.42 Å². The molecule has 1 saturated carbocycles. The fourth-order valence-electron chi connectivity index (χ4n) is 4.09. The van der Waals surface area contributed by atoms with E-state index in [1.54, 1.807) is 25.4 Å². The molecule has 10 heteroatoms. The molecule has 0 unspecified atom stereocenters. The van der Waals surface area contributed by atoms with Crippen LogP contribution < -0.4 is 15.4 Å². The topological polar surface area (TPSA) is 121 Å². The number of aromatic nitrogens is 3. The first-order valence-electron chi connectivity index (χ1n) is 9.98. The summed E-state index contributed by atoms with van der Waals surface area (Å²) in [5.74, 6) is 1.35. The van der Waals surface area contributed by atoms with Crippen LogP contribution in [0.5, 0.6) is 5.75 Å². The van der Waals surface area contributed by atoms with Crippen molar-refractivity contribution < 1.29 is 17.9 Å². The number of rotatable bonds is 5. The van der Waals surface area contributed by atoms with Crippen molar-refractivity contribution in [3.63, 3.8) is 0 Å². The van der Waals surface area contributed by atoms with Gasteiger partial charge in [-0.15, -0.1) is 0 Å². The van der Waals surface area contributed by atoms with Crippen LogP contribution in [0.2, 0.25) is 0 Å². The summed E-state index contributed by atoms with van der Waals surface area (Å²) in [7, 11) is -1.81. The van der Waals surface area contributed by atoms with E-state index in [0.29, 0.717) is 67.1 Å². The van der Waals surface area contributed by atoms with Gasteiger partial charge in [0.25, 0.3) is 0 Å². The third kappa shape index (κ3) is 3.47. The average molecular weight is 434 g/mol. The van der Waals surface area contributed by atoms with Crippen LogP contribution in [0.15, 0.2) is 18.3 Å². The van der Waals surface area contributed by atoms with E-state index in [4.69, 9.17) is 25.2 Å². The Kier molecular flexibility index (Phi) is 5.31. The summed E-state index contributed by atoms with van der Waals surface area (Å²) in [6.45, 7) is 3.80. The van der Waals surface area contributed by atoms with Crippen molar-refractivity contribution in [3.05, 3.63) is 24.0 Å². The van der Waals surface area contributed by atoms with Crippen LogP contribution >= 0.6 is 0 Å². The summed E-state index contributed by atoms with van der Waals surface area (Å²) < 4.78 is 35.6. The van der Waals surface area contributed by atoms with Gasteiger partial charge in [0.1, 0.15) is 16.3 Å². The quantitative estimate of drug-likeness (QED) is 0.752. The van der Waals surface area contributed by atoms with Crippen molar-refractivity contribution in [2.75, 3.05) is 43.8 Å². The highest BCUT2D eigenvalue weighted by Crippen LogP contribution is 2.48. The van der Waals surface area contributed by atoms with Crippen molar-refractivity contribution in [2.24, 2.45) is 0 Å². The van der Waals surface area contributed by atoms with Crippen LogP contribution in [0.1, 0.15) is 31.9 Å². The van der Waals surface area contributed by atoms with E-state index in [-0.39, 0.29) is 6.04 Å². The number of methoxy groups -OCH3 is 1. The molecule has 0 spiro atoms. The molecule has 2 aliphatic rings. The molecule has 2 N–H and O–H groups in total. The highest BCUT2D eigenvalue weighted by atomic mass is 32.2. The monoisotopic (exact) mass is 433 g/mol. The Labute approximate surface area is 176 Å². The molecular formula is C20H27N5O4S. The van der Waals surface area contributed by atoms with Crippen molar-refractivity contribution in [3.8, 4) is 17.0 Å².